The first-order chi connectivity index (χ1) is 11.4. The number of benzene rings is 2. The molecule has 0 fully saturated rings. The fourth-order valence-electron chi connectivity index (χ4n) is 1.86. The highest BCUT2D eigenvalue weighted by Crippen LogP contribution is 2.21. The average Bonchev–Trinajstić information content (AvgIpc) is 2.56. The van der Waals surface area contributed by atoms with Crippen LogP contribution in [0.1, 0.15) is 21.5 Å². The minimum atomic E-state index is -0.696. The number of ether oxygens (including phenoxy) is 1. The molecule has 0 atom stereocenters. The van der Waals surface area contributed by atoms with Gasteiger partial charge in [0.05, 0.1) is 10.6 Å². The van der Waals surface area contributed by atoms with Gasteiger partial charge in [-0.15, -0.1) is 0 Å². The van der Waals surface area contributed by atoms with E-state index in [2.05, 4.69) is 21.2 Å². The fraction of sp³-hybridized carbons (Fsp3) is 0.176. The largest absolute Gasteiger partial charge is 0.452 e. The van der Waals surface area contributed by atoms with Crippen LogP contribution in [0.4, 0.5) is 4.39 Å². The van der Waals surface area contributed by atoms with Crippen molar-refractivity contribution in [2.75, 3.05) is 6.61 Å². The second-order valence-electron chi connectivity index (χ2n) is 5.06. The third-order valence-corrected chi connectivity index (χ3v) is 4.03. The Morgan fingerprint density at radius 3 is 2.71 bits per heavy atom. The van der Waals surface area contributed by atoms with Gasteiger partial charge in [0, 0.05) is 11.0 Å². The molecule has 1 amide bonds. The molecule has 0 aliphatic rings. The van der Waals surface area contributed by atoms with Crippen LogP contribution in [0.25, 0.3) is 0 Å². The summed E-state index contributed by atoms with van der Waals surface area (Å²) in [6.45, 7) is 1.35. The van der Waals surface area contributed by atoms with Crippen molar-refractivity contribution in [1.29, 1.82) is 0 Å². The molecule has 0 saturated heterocycles. The standard InChI is InChI=1S/C17H14BrClFNO3/c1-10-2-3-11(6-15(10)20)8-21-16(22)9-24-17(23)13-7-12(18)4-5-14(13)19/h2-7H,8-9H2,1H3,(H,21,22). The van der Waals surface area contributed by atoms with Gasteiger partial charge in [0.1, 0.15) is 5.82 Å². The van der Waals surface area contributed by atoms with Gasteiger partial charge in [-0.25, -0.2) is 9.18 Å². The first-order valence-electron chi connectivity index (χ1n) is 7.00. The Labute approximate surface area is 152 Å². The summed E-state index contributed by atoms with van der Waals surface area (Å²) in [5.41, 5.74) is 1.32. The summed E-state index contributed by atoms with van der Waals surface area (Å²) in [5.74, 6) is -1.52. The van der Waals surface area contributed by atoms with Crippen LogP contribution >= 0.6 is 27.5 Å². The minimum absolute atomic E-state index is 0.144. The predicted octanol–water partition coefficient (Wildman–Crippen LogP) is 4.02. The first-order valence-corrected chi connectivity index (χ1v) is 8.18. The van der Waals surface area contributed by atoms with E-state index in [0.717, 1.165) is 0 Å². The Balaban J connectivity index is 1.85. The van der Waals surface area contributed by atoms with Crippen LogP contribution in [0.15, 0.2) is 40.9 Å². The number of amides is 1. The van der Waals surface area contributed by atoms with E-state index in [4.69, 9.17) is 16.3 Å². The molecule has 2 aromatic rings. The lowest BCUT2D eigenvalue weighted by Crippen LogP contribution is -2.28. The monoisotopic (exact) mass is 413 g/mol. The third-order valence-electron chi connectivity index (χ3n) is 3.21. The van der Waals surface area contributed by atoms with Gasteiger partial charge in [-0.05, 0) is 42.3 Å². The Bertz CT molecular complexity index is 782. The zero-order chi connectivity index (χ0) is 17.7. The van der Waals surface area contributed by atoms with Crippen molar-refractivity contribution in [2.45, 2.75) is 13.5 Å². The highest BCUT2D eigenvalue weighted by molar-refractivity contribution is 9.10. The van der Waals surface area contributed by atoms with Crippen molar-refractivity contribution in [2.24, 2.45) is 0 Å². The van der Waals surface area contributed by atoms with E-state index < -0.39 is 18.5 Å². The number of halogens is 3. The van der Waals surface area contributed by atoms with E-state index in [1.165, 1.54) is 12.1 Å². The Morgan fingerprint density at radius 1 is 1.25 bits per heavy atom. The lowest BCUT2D eigenvalue weighted by Gasteiger charge is -2.08. The third kappa shape index (κ3) is 5.04. The Kier molecular flexibility index (Phi) is 6.34. The number of hydrogen-bond acceptors (Lipinski definition) is 3. The predicted molar refractivity (Wildman–Crippen MR) is 92.4 cm³/mol. The molecule has 0 radical (unpaired) electrons. The lowest BCUT2D eigenvalue weighted by molar-refractivity contribution is -0.124. The average molecular weight is 415 g/mol. The first kappa shape index (κ1) is 18.4. The summed E-state index contributed by atoms with van der Waals surface area (Å²) in [6, 6.07) is 9.44. The fourth-order valence-corrected chi connectivity index (χ4v) is 2.42. The number of rotatable bonds is 5. The maximum Gasteiger partial charge on any atom is 0.340 e. The number of esters is 1. The molecule has 0 spiro atoms. The number of nitrogens with one attached hydrogen (secondary N) is 1. The molecule has 0 bridgehead atoms. The van der Waals surface area contributed by atoms with Crippen molar-refractivity contribution < 1.29 is 18.7 Å². The highest BCUT2D eigenvalue weighted by atomic mass is 79.9. The van der Waals surface area contributed by atoms with E-state index in [1.807, 2.05) is 0 Å². The van der Waals surface area contributed by atoms with Gasteiger partial charge < -0.3 is 10.1 Å². The number of carbonyl (C=O) groups is 2. The molecule has 0 aliphatic carbocycles. The molecule has 1 N–H and O–H groups in total. The smallest absolute Gasteiger partial charge is 0.340 e. The summed E-state index contributed by atoms with van der Waals surface area (Å²) in [5, 5.41) is 2.79. The normalized spacial score (nSPS) is 10.3. The SMILES string of the molecule is Cc1ccc(CNC(=O)COC(=O)c2cc(Br)ccc2Cl)cc1F. The lowest BCUT2D eigenvalue weighted by atomic mass is 10.1. The zero-order valence-electron chi connectivity index (χ0n) is 12.7. The van der Waals surface area contributed by atoms with Crippen LogP contribution in [-0.4, -0.2) is 18.5 Å². The van der Waals surface area contributed by atoms with E-state index >= 15 is 0 Å². The molecule has 4 nitrogen and oxygen atoms in total. The molecule has 0 aromatic heterocycles. The van der Waals surface area contributed by atoms with E-state index in [-0.39, 0.29) is 22.9 Å². The molecule has 24 heavy (non-hydrogen) atoms. The highest BCUT2D eigenvalue weighted by Gasteiger charge is 2.14. The van der Waals surface area contributed by atoms with Gasteiger partial charge in [0.25, 0.3) is 5.91 Å². The summed E-state index contributed by atoms with van der Waals surface area (Å²) < 4.78 is 19.0. The van der Waals surface area contributed by atoms with Crippen LogP contribution in [0.3, 0.4) is 0 Å². The van der Waals surface area contributed by atoms with Crippen molar-refractivity contribution in [3.05, 3.63) is 68.4 Å². The summed E-state index contributed by atoms with van der Waals surface area (Å²) in [7, 11) is 0. The zero-order valence-corrected chi connectivity index (χ0v) is 15.1. The molecular formula is C17H14BrClFNO3. The number of hydrogen-bond donors (Lipinski definition) is 1. The van der Waals surface area contributed by atoms with Crippen molar-refractivity contribution in [3.8, 4) is 0 Å². The molecular weight excluding hydrogens is 401 g/mol. The molecule has 0 heterocycles. The molecule has 0 aliphatic heterocycles. The van der Waals surface area contributed by atoms with Crippen molar-refractivity contribution >= 4 is 39.4 Å². The van der Waals surface area contributed by atoms with Gasteiger partial charge >= 0.3 is 5.97 Å². The molecule has 7 heteroatoms. The molecule has 126 valence electrons. The van der Waals surface area contributed by atoms with E-state index in [9.17, 15) is 14.0 Å². The van der Waals surface area contributed by atoms with E-state index in [1.54, 1.807) is 31.2 Å². The molecule has 2 aromatic carbocycles. The molecule has 0 unspecified atom stereocenters. The van der Waals surface area contributed by atoms with Crippen LogP contribution < -0.4 is 5.32 Å². The second kappa shape index (κ2) is 8.26. The summed E-state index contributed by atoms with van der Waals surface area (Å²) in [6.07, 6.45) is 0. The van der Waals surface area contributed by atoms with Gasteiger partial charge in [-0.2, -0.15) is 0 Å². The summed E-state index contributed by atoms with van der Waals surface area (Å²) >= 11 is 9.15. The Hall–Kier alpha value is -1.92. The van der Waals surface area contributed by atoms with Gasteiger partial charge in [0.15, 0.2) is 6.61 Å². The molecule has 0 saturated carbocycles. The minimum Gasteiger partial charge on any atom is -0.452 e. The maximum absolute atomic E-state index is 13.4. The summed E-state index contributed by atoms with van der Waals surface area (Å²) in [4.78, 5) is 23.7. The van der Waals surface area contributed by atoms with Crippen molar-refractivity contribution in [1.82, 2.24) is 5.32 Å². The van der Waals surface area contributed by atoms with Crippen LogP contribution in [0.2, 0.25) is 5.02 Å². The molecule has 2 rings (SSSR count). The van der Waals surface area contributed by atoms with Gasteiger partial charge in [-0.1, -0.05) is 39.7 Å². The second-order valence-corrected chi connectivity index (χ2v) is 6.38. The quantitative estimate of drug-likeness (QED) is 0.752. The number of aryl methyl sites for hydroxylation is 1. The van der Waals surface area contributed by atoms with Gasteiger partial charge in [0.2, 0.25) is 0 Å². The van der Waals surface area contributed by atoms with Crippen molar-refractivity contribution in [3.63, 3.8) is 0 Å². The van der Waals surface area contributed by atoms with E-state index in [0.29, 0.717) is 15.6 Å². The Morgan fingerprint density at radius 2 is 2.00 bits per heavy atom. The maximum atomic E-state index is 13.4. The van der Waals surface area contributed by atoms with Crippen LogP contribution in [0, 0.1) is 12.7 Å². The van der Waals surface area contributed by atoms with Gasteiger partial charge in [-0.3, -0.25) is 4.79 Å². The van der Waals surface area contributed by atoms with Crippen LogP contribution in [0.5, 0.6) is 0 Å². The topological polar surface area (TPSA) is 55.4 Å². The van der Waals surface area contributed by atoms with Crippen LogP contribution in [-0.2, 0) is 16.1 Å². The number of carbonyl (C=O) groups excluding carboxylic acids is 2.